The van der Waals surface area contributed by atoms with Crippen LogP contribution in [-0.4, -0.2) is 21.1 Å². The predicted octanol–water partition coefficient (Wildman–Crippen LogP) is 4.15. The van der Waals surface area contributed by atoms with Gasteiger partial charge in [-0.1, -0.05) is 18.2 Å². The summed E-state index contributed by atoms with van der Waals surface area (Å²) in [6.45, 7) is 7.33. The SMILES string of the molecule is C[Si](C)(C)Oc1ccccc1CCN=Cc1ccoc1. The van der Waals surface area contributed by atoms with Crippen molar-refractivity contribution in [3.8, 4) is 5.75 Å². The zero-order valence-electron chi connectivity index (χ0n) is 12.3. The van der Waals surface area contributed by atoms with E-state index in [1.807, 2.05) is 30.5 Å². The van der Waals surface area contributed by atoms with Gasteiger partial charge in [-0.05, 0) is 43.8 Å². The van der Waals surface area contributed by atoms with Crippen LogP contribution in [0.4, 0.5) is 0 Å². The van der Waals surface area contributed by atoms with Gasteiger partial charge in [0.1, 0.15) is 5.75 Å². The van der Waals surface area contributed by atoms with E-state index in [9.17, 15) is 0 Å². The zero-order chi connectivity index (χ0) is 14.4. The maximum Gasteiger partial charge on any atom is 0.242 e. The van der Waals surface area contributed by atoms with Gasteiger partial charge in [0.25, 0.3) is 0 Å². The second-order valence-electron chi connectivity index (χ2n) is 5.66. The molecule has 0 fully saturated rings. The van der Waals surface area contributed by atoms with E-state index in [0.29, 0.717) is 0 Å². The summed E-state index contributed by atoms with van der Waals surface area (Å²) >= 11 is 0. The number of furan rings is 1. The summed E-state index contributed by atoms with van der Waals surface area (Å²) in [6, 6.07) is 10.1. The molecule has 0 saturated heterocycles. The standard InChI is InChI=1S/C16H21NO2Si/c1-20(2,3)19-16-7-5-4-6-15(16)8-10-17-12-14-9-11-18-13-14/h4-7,9,11-13H,8,10H2,1-3H3. The van der Waals surface area contributed by atoms with Gasteiger partial charge < -0.3 is 8.84 Å². The monoisotopic (exact) mass is 287 g/mol. The highest BCUT2D eigenvalue weighted by atomic mass is 28.4. The van der Waals surface area contributed by atoms with Crippen LogP contribution in [0.1, 0.15) is 11.1 Å². The molecule has 2 aromatic rings. The van der Waals surface area contributed by atoms with Crippen molar-refractivity contribution in [2.24, 2.45) is 4.99 Å². The zero-order valence-corrected chi connectivity index (χ0v) is 13.3. The van der Waals surface area contributed by atoms with E-state index in [1.54, 1.807) is 12.5 Å². The molecule has 0 aliphatic heterocycles. The number of hydrogen-bond donors (Lipinski definition) is 0. The molecule has 1 aromatic carbocycles. The minimum Gasteiger partial charge on any atom is -0.544 e. The molecule has 0 aliphatic rings. The van der Waals surface area contributed by atoms with E-state index in [1.165, 1.54) is 5.56 Å². The third-order valence-corrected chi connectivity index (χ3v) is 3.51. The molecule has 3 nitrogen and oxygen atoms in total. The Hall–Kier alpha value is -1.81. The van der Waals surface area contributed by atoms with Gasteiger partial charge in [0.05, 0.1) is 12.5 Å². The van der Waals surface area contributed by atoms with E-state index >= 15 is 0 Å². The number of hydrogen-bond acceptors (Lipinski definition) is 3. The second kappa shape index (κ2) is 6.57. The molecule has 0 atom stereocenters. The molecule has 0 radical (unpaired) electrons. The van der Waals surface area contributed by atoms with Gasteiger partial charge in [-0.15, -0.1) is 0 Å². The first-order valence-electron chi connectivity index (χ1n) is 6.83. The van der Waals surface area contributed by atoms with Crippen LogP contribution < -0.4 is 4.43 Å². The van der Waals surface area contributed by atoms with E-state index in [0.717, 1.165) is 24.3 Å². The van der Waals surface area contributed by atoms with E-state index in [4.69, 9.17) is 8.84 Å². The molecule has 0 amide bonds. The summed E-state index contributed by atoms with van der Waals surface area (Å²) in [7, 11) is -1.57. The summed E-state index contributed by atoms with van der Waals surface area (Å²) < 4.78 is 11.1. The van der Waals surface area contributed by atoms with Crippen LogP contribution in [0.3, 0.4) is 0 Å². The Bertz CT molecular complexity index is 556. The molecule has 0 saturated carbocycles. The number of nitrogens with zero attached hydrogens (tertiary/aromatic N) is 1. The van der Waals surface area contributed by atoms with E-state index in [-0.39, 0.29) is 0 Å². The van der Waals surface area contributed by atoms with Gasteiger partial charge in [0.15, 0.2) is 0 Å². The molecule has 20 heavy (non-hydrogen) atoms. The Kier molecular flexibility index (Phi) is 4.79. The van der Waals surface area contributed by atoms with Gasteiger partial charge in [-0.2, -0.15) is 0 Å². The third kappa shape index (κ3) is 4.70. The molecule has 2 rings (SSSR count). The Labute approximate surface area is 121 Å². The molecule has 0 unspecified atom stereocenters. The molecule has 1 heterocycles. The van der Waals surface area contributed by atoms with Crippen LogP contribution in [-0.2, 0) is 6.42 Å². The first-order chi connectivity index (χ1) is 9.54. The molecule has 0 bridgehead atoms. The van der Waals surface area contributed by atoms with Crippen molar-refractivity contribution in [2.45, 2.75) is 26.1 Å². The fourth-order valence-corrected chi connectivity index (χ4v) is 2.70. The van der Waals surface area contributed by atoms with Crippen molar-refractivity contribution in [3.63, 3.8) is 0 Å². The smallest absolute Gasteiger partial charge is 0.242 e. The summed E-state index contributed by atoms with van der Waals surface area (Å²) in [5.74, 6) is 1.00. The highest BCUT2D eigenvalue weighted by Crippen LogP contribution is 2.22. The number of rotatable bonds is 6. The van der Waals surface area contributed by atoms with Crippen LogP contribution >= 0.6 is 0 Å². The highest BCUT2D eigenvalue weighted by Gasteiger charge is 2.17. The molecule has 1 aromatic heterocycles. The normalized spacial score (nSPS) is 11.9. The van der Waals surface area contributed by atoms with Crippen molar-refractivity contribution in [2.75, 3.05) is 6.54 Å². The van der Waals surface area contributed by atoms with Crippen LogP contribution in [0.2, 0.25) is 19.6 Å². The highest BCUT2D eigenvalue weighted by molar-refractivity contribution is 6.70. The Morgan fingerprint density at radius 2 is 2.00 bits per heavy atom. The van der Waals surface area contributed by atoms with Crippen molar-refractivity contribution in [1.82, 2.24) is 0 Å². The molecular formula is C16H21NO2Si. The summed E-state index contributed by atoms with van der Waals surface area (Å²) in [4.78, 5) is 4.42. The van der Waals surface area contributed by atoms with E-state index in [2.05, 4.69) is 30.7 Å². The largest absolute Gasteiger partial charge is 0.544 e. The summed E-state index contributed by atoms with van der Waals surface area (Å²) in [5.41, 5.74) is 2.22. The number of para-hydroxylation sites is 1. The van der Waals surface area contributed by atoms with E-state index < -0.39 is 8.32 Å². The minimum absolute atomic E-state index is 0.747. The van der Waals surface area contributed by atoms with Gasteiger partial charge in [-0.25, -0.2) is 0 Å². The predicted molar refractivity (Wildman–Crippen MR) is 85.3 cm³/mol. The molecule has 0 N–H and O–H groups in total. The molecule has 0 aliphatic carbocycles. The van der Waals surface area contributed by atoms with Crippen LogP contribution in [0, 0.1) is 0 Å². The van der Waals surface area contributed by atoms with Crippen molar-refractivity contribution < 1.29 is 8.84 Å². The molecule has 4 heteroatoms. The van der Waals surface area contributed by atoms with Crippen molar-refractivity contribution in [3.05, 3.63) is 54.0 Å². The van der Waals surface area contributed by atoms with Crippen LogP contribution in [0.25, 0.3) is 0 Å². The molecular weight excluding hydrogens is 266 g/mol. The molecule has 0 spiro atoms. The van der Waals surface area contributed by atoms with Gasteiger partial charge in [-0.3, -0.25) is 4.99 Å². The van der Waals surface area contributed by atoms with Gasteiger partial charge in [0.2, 0.25) is 8.32 Å². The summed E-state index contributed by atoms with van der Waals surface area (Å²) in [6.07, 6.45) is 6.06. The van der Waals surface area contributed by atoms with Gasteiger partial charge >= 0.3 is 0 Å². The topological polar surface area (TPSA) is 34.7 Å². The Morgan fingerprint density at radius 3 is 2.70 bits per heavy atom. The van der Waals surface area contributed by atoms with Crippen molar-refractivity contribution in [1.29, 1.82) is 0 Å². The lowest BCUT2D eigenvalue weighted by Gasteiger charge is -2.21. The van der Waals surface area contributed by atoms with Crippen LogP contribution in [0.15, 0.2) is 52.3 Å². The maximum atomic E-state index is 6.11. The second-order valence-corrected chi connectivity index (χ2v) is 10.1. The maximum absolute atomic E-state index is 6.11. The average molecular weight is 287 g/mol. The quantitative estimate of drug-likeness (QED) is 0.591. The first kappa shape index (κ1) is 14.6. The van der Waals surface area contributed by atoms with Gasteiger partial charge in [0, 0.05) is 18.3 Å². The number of benzene rings is 1. The third-order valence-electron chi connectivity index (χ3n) is 2.68. The number of aliphatic imine (C=N–C) groups is 1. The van der Waals surface area contributed by atoms with Crippen LogP contribution in [0.5, 0.6) is 5.75 Å². The lowest BCUT2D eigenvalue weighted by molar-refractivity contribution is 0.549. The fraction of sp³-hybridized carbons (Fsp3) is 0.312. The Balaban J connectivity index is 1.95. The lowest BCUT2D eigenvalue weighted by Crippen LogP contribution is -2.29. The lowest BCUT2D eigenvalue weighted by atomic mass is 10.1. The first-order valence-corrected chi connectivity index (χ1v) is 10.2. The summed E-state index contributed by atoms with van der Waals surface area (Å²) in [5, 5.41) is 0. The molecule has 106 valence electrons. The fourth-order valence-electron chi connectivity index (χ4n) is 1.84. The average Bonchev–Trinajstić information content (AvgIpc) is 2.88. The minimum atomic E-state index is -1.57. The Morgan fingerprint density at radius 1 is 1.20 bits per heavy atom. The van der Waals surface area contributed by atoms with Crippen molar-refractivity contribution >= 4 is 14.5 Å².